The molecule has 0 saturated heterocycles. The summed E-state index contributed by atoms with van der Waals surface area (Å²) in [6.45, 7) is 6.37. The molecule has 0 spiro atoms. The lowest BCUT2D eigenvalue weighted by molar-refractivity contribution is -0.167. The molecule has 0 bridgehead atoms. The van der Waals surface area contributed by atoms with Crippen LogP contribution in [0.4, 0.5) is 0 Å². The van der Waals surface area contributed by atoms with E-state index in [1.165, 1.54) is 89.9 Å². The van der Waals surface area contributed by atoms with Gasteiger partial charge in [0.2, 0.25) is 0 Å². The summed E-state index contributed by atoms with van der Waals surface area (Å²) in [5.74, 6) is -0.958. The normalized spacial score (nSPS) is 13.2. The molecule has 0 fully saturated rings. The summed E-state index contributed by atoms with van der Waals surface area (Å²) >= 11 is 0. The van der Waals surface area contributed by atoms with Crippen LogP contribution in [0.3, 0.4) is 0 Å². The zero-order chi connectivity index (χ0) is 58.5. The first kappa shape index (κ1) is 76.0. The van der Waals surface area contributed by atoms with Gasteiger partial charge in [0.1, 0.15) is 13.2 Å². The van der Waals surface area contributed by atoms with Crippen LogP contribution in [0.15, 0.2) is 158 Å². The Morgan fingerprint density at radius 3 is 0.778 bits per heavy atom. The monoisotopic (exact) mass is 1120 g/mol. The molecule has 6 heteroatoms. The van der Waals surface area contributed by atoms with Gasteiger partial charge in [-0.3, -0.25) is 14.4 Å². The predicted molar refractivity (Wildman–Crippen MR) is 352 cm³/mol. The molecule has 1 unspecified atom stereocenters. The van der Waals surface area contributed by atoms with Crippen LogP contribution in [-0.4, -0.2) is 37.2 Å². The molecule has 0 saturated carbocycles. The first-order valence-corrected chi connectivity index (χ1v) is 33.0. The minimum atomic E-state index is -0.813. The Bertz CT molecular complexity index is 1810. The molecule has 0 aromatic heterocycles. The number of carbonyl (C=O) groups excluding carboxylic acids is 3. The molecule has 1 atom stereocenters. The van der Waals surface area contributed by atoms with E-state index in [0.29, 0.717) is 19.3 Å². The maximum absolute atomic E-state index is 12.9. The number of rotatable bonds is 58. The fraction of sp³-hybridized carbons (Fsp3) is 0.613. The zero-order valence-corrected chi connectivity index (χ0v) is 52.2. The molecule has 0 rings (SSSR count). The third-order valence-electron chi connectivity index (χ3n) is 13.5. The van der Waals surface area contributed by atoms with E-state index in [-0.39, 0.29) is 37.5 Å². The Labute approximate surface area is 499 Å². The van der Waals surface area contributed by atoms with Crippen molar-refractivity contribution in [3.63, 3.8) is 0 Å². The summed E-state index contributed by atoms with van der Waals surface area (Å²) < 4.78 is 16.9. The quantitative estimate of drug-likeness (QED) is 0.0261. The van der Waals surface area contributed by atoms with Gasteiger partial charge in [-0.15, -0.1) is 0 Å². The lowest BCUT2D eigenvalue weighted by Gasteiger charge is -2.18. The molecule has 0 aromatic rings. The van der Waals surface area contributed by atoms with Gasteiger partial charge < -0.3 is 14.2 Å². The molecule has 0 heterocycles. The second-order valence-electron chi connectivity index (χ2n) is 21.3. The van der Waals surface area contributed by atoms with Crippen LogP contribution >= 0.6 is 0 Å². The van der Waals surface area contributed by atoms with E-state index in [1.807, 2.05) is 0 Å². The van der Waals surface area contributed by atoms with Crippen molar-refractivity contribution in [2.75, 3.05) is 13.2 Å². The summed E-state index contributed by atoms with van der Waals surface area (Å²) in [5.41, 5.74) is 0. The molecule has 456 valence electrons. The maximum Gasteiger partial charge on any atom is 0.306 e. The highest BCUT2D eigenvalue weighted by atomic mass is 16.6. The number of allylic oxidation sites excluding steroid dienone is 26. The summed E-state index contributed by atoms with van der Waals surface area (Å²) in [6, 6.07) is 0. The Morgan fingerprint density at radius 2 is 0.481 bits per heavy atom. The standard InChI is InChI=1S/C75H120O6/c1-4-7-10-13-16-19-22-25-27-29-31-33-34-35-36-37-38-39-40-42-43-45-47-50-53-56-59-62-65-68-74(77)80-71-72(70-79-73(76)67-64-61-58-55-52-49-24-21-18-15-12-9-6-3)81-75(78)69-66-63-60-57-54-51-48-46-44-41-32-30-28-26-23-20-17-14-11-8-5-2/h7-8,10-11,16-17,19-20,25-28,31-33,35-36,38-39,41-43,46,48,54,57,72H,4-6,9,12-15,18,21-24,29-30,34,37,40,44-45,47,49-53,55-56,58-71H2,1-3H3/b10-7-,11-8-,19-16-,20-17-,27-25-,28-26-,33-31-,36-35-,39-38-,41-32-,43-42-,48-46-,57-54-. The average Bonchev–Trinajstić information content (AvgIpc) is 3.46. The van der Waals surface area contributed by atoms with Crippen LogP contribution in [0.25, 0.3) is 0 Å². The molecular weight excluding hydrogens is 997 g/mol. The summed E-state index contributed by atoms with van der Waals surface area (Å²) in [6.07, 6.45) is 98.2. The van der Waals surface area contributed by atoms with Crippen molar-refractivity contribution in [1.82, 2.24) is 0 Å². The molecule has 6 nitrogen and oxygen atoms in total. The molecule has 0 N–H and O–H groups in total. The van der Waals surface area contributed by atoms with Crippen molar-refractivity contribution in [2.24, 2.45) is 0 Å². The number of hydrogen-bond acceptors (Lipinski definition) is 6. The van der Waals surface area contributed by atoms with E-state index in [0.717, 1.165) is 141 Å². The highest BCUT2D eigenvalue weighted by Crippen LogP contribution is 2.15. The number of carbonyl (C=O) groups is 3. The van der Waals surface area contributed by atoms with Crippen LogP contribution in [0.5, 0.6) is 0 Å². The first-order valence-electron chi connectivity index (χ1n) is 33.0. The van der Waals surface area contributed by atoms with Gasteiger partial charge in [-0.1, -0.05) is 288 Å². The number of unbranched alkanes of at least 4 members (excludes halogenated alkanes) is 21. The first-order chi connectivity index (χ1) is 40.0. The Morgan fingerprint density at radius 1 is 0.259 bits per heavy atom. The number of esters is 3. The summed E-state index contributed by atoms with van der Waals surface area (Å²) in [4.78, 5) is 38.3. The van der Waals surface area contributed by atoms with Gasteiger partial charge in [-0.2, -0.15) is 0 Å². The predicted octanol–water partition coefficient (Wildman–Crippen LogP) is 22.9. The van der Waals surface area contributed by atoms with E-state index in [2.05, 4.69) is 179 Å². The SMILES string of the molecule is CC/C=C\C/C=C\C/C=C\C/C=C\C/C=C\C/C=C\C/C=C\CCCCCCCCCC(=O)OCC(COC(=O)CCCCCCCCCCCCCCC)OC(=O)CCCC/C=C\C/C=C\C/C=C\C/C=C\C/C=C\C/C=C\CC. The van der Waals surface area contributed by atoms with Gasteiger partial charge in [0.25, 0.3) is 0 Å². The van der Waals surface area contributed by atoms with Crippen molar-refractivity contribution in [3.8, 4) is 0 Å². The fourth-order valence-electron chi connectivity index (χ4n) is 8.66. The number of hydrogen-bond donors (Lipinski definition) is 0. The largest absolute Gasteiger partial charge is 0.462 e. The van der Waals surface area contributed by atoms with Crippen molar-refractivity contribution >= 4 is 17.9 Å². The third-order valence-corrected chi connectivity index (χ3v) is 13.5. The van der Waals surface area contributed by atoms with Crippen molar-refractivity contribution in [3.05, 3.63) is 158 Å². The zero-order valence-electron chi connectivity index (χ0n) is 52.2. The summed E-state index contributed by atoms with van der Waals surface area (Å²) in [7, 11) is 0. The molecule has 0 aliphatic carbocycles. The van der Waals surface area contributed by atoms with E-state index >= 15 is 0 Å². The highest BCUT2D eigenvalue weighted by Gasteiger charge is 2.19. The molecular formula is C75H120O6. The third kappa shape index (κ3) is 65.7. The van der Waals surface area contributed by atoms with Crippen LogP contribution in [0, 0.1) is 0 Å². The van der Waals surface area contributed by atoms with Gasteiger partial charge in [0, 0.05) is 19.3 Å². The molecule has 0 aromatic carbocycles. The van der Waals surface area contributed by atoms with Crippen LogP contribution in [-0.2, 0) is 28.6 Å². The van der Waals surface area contributed by atoms with Crippen molar-refractivity contribution in [2.45, 2.75) is 284 Å². The van der Waals surface area contributed by atoms with Crippen molar-refractivity contribution < 1.29 is 28.6 Å². The minimum absolute atomic E-state index is 0.103. The number of ether oxygens (including phenoxy) is 3. The molecule has 81 heavy (non-hydrogen) atoms. The molecule has 0 amide bonds. The Kier molecular flexibility index (Phi) is 63.4. The topological polar surface area (TPSA) is 78.9 Å². The van der Waals surface area contributed by atoms with Crippen LogP contribution in [0.2, 0.25) is 0 Å². The fourth-order valence-corrected chi connectivity index (χ4v) is 8.66. The van der Waals surface area contributed by atoms with E-state index in [9.17, 15) is 14.4 Å². The Hall–Kier alpha value is -4.97. The van der Waals surface area contributed by atoms with Gasteiger partial charge in [0.15, 0.2) is 6.10 Å². The van der Waals surface area contributed by atoms with E-state index in [4.69, 9.17) is 14.2 Å². The van der Waals surface area contributed by atoms with Crippen LogP contribution < -0.4 is 0 Å². The second-order valence-corrected chi connectivity index (χ2v) is 21.3. The van der Waals surface area contributed by atoms with Crippen molar-refractivity contribution in [1.29, 1.82) is 0 Å². The molecule has 0 aliphatic heterocycles. The second kappa shape index (κ2) is 67.5. The van der Waals surface area contributed by atoms with E-state index in [1.54, 1.807) is 0 Å². The highest BCUT2D eigenvalue weighted by molar-refractivity contribution is 5.71. The van der Waals surface area contributed by atoms with E-state index < -0.39 is 6.10 Å². The average molecular weight is 1120 g/mol. The van der Waals surface area contributed by atoms with Gasteiger partial charge in [-0.25, -0.2) is 0 Å². The molecule has 0 radical (unpaired) electrons. The smallest absolute Gasteiger partial charge is 0.306 e. The minimum Gasteiger partial charge on any atom is -0.462 e. The Balaban J connectivity index is 4.43. The molecule has 0 aliphatic rings. The lowest BCUT2D eigenvalue weighted by atomic mass is 10.0. The van der Waals surface area contributed by atoms with Gasteiger partial charge in [0.05, 0.1) is 0 Å². The van der Waals surface area contributed by atoms with Gasteiger partial charge >= 0.3 is 17.9 Å². The maximum atomic E-state index is 12.9. The lowest BCUT2D eigenvalue weighted by Crippen LogP contribution is -2.30. The van der Waals surface area contributed by atoms with Gasteiger partial charge in [-0.05, 0) is 128 Å². The van der Waals surface area contributed by atoms with Crippen LogP contribution in [0.1, 0.15) is 278 Å². The summed E-state index contributed by atoms with van der Waals surface area (Å²) in [5, 5.41) is 0.